The number of aliphatic hydroxyl groups is 1. The van der Waals surface area contributed by atoms with Crippen LogP contribution in [-0.4, -0.2) is 38.0 Å². The lowest BCUT2D eigenvalue weighted by Gasteiger charge is -2.26. The number of ether oxygens (including phenoxy) is 1. The van der Waals surface area contributed by atoms with Gasteiger partial charge in [-0.25, -0.2) is 0 Å². The molecule has 0 amide bonds. The van der Waals surface area contributed by atoms with Crippen LogP contribution in [-0.2, 0) is 4.74 Å². The molecule has 60 valence electrons. The van der Waals surface area contributed by atoms with Gasteiger partial charge in [-0.1, -0.05) is 0 Å². The third kappa shape index (κ3) is 2.64. The molecule has 0 aliphatic carbocycles. The molecule has 1 rings (SSSR count). The van der Waals surface area contributed by atoms with Crippen molar-refractivity contribution in [3.05, 3.63) is 0 Å². The van der Waals surface area contributed by atoms with Gasteiger partial charge in [-0.2, -0.15) is 0 Å². The smallest absolute Gasteiger partial charge is 0.0518 e. The number of hydrogen-bond donors (Lipinski definition) is 2. The molecule has 0 aromatic heterocycles. The molecule has 1 aliphatic rings. The van der Waals surface area contributed by atoms with Crippen LogP contribution in [0.25, 0.3) is 0 Å². The second-order valence-electron chi connectivity index (χ2n) is 2.68. The van der Waals surface area contributed by atoms with Gasteiger partial charge in [0.2, 0.25) is 0 Å². The zero-order chi connectivity index (χ0) is 7.23. The molecule has 1 heterocycles. The second-order valence-corrected chi connectivity index (χ2v) is 2.68. The van der Waals surface area contributed by atoms with Gasteiger partial charge in [0, 0.05) is 32.2 Å². The van der Waals surface area contributed by atoms with E-state index in [4.69, 9.17) is 9.84 Å². The fourth-order valence-corrected chi connectivity index (χ4v) is 0.883. The van der Waals surface area contributed by atoms with E-state index in [1.807, 2.05) is 0 Å². The fraction of sp³-hybridized carbons (Fsp3) is 1.00. The summed E-state index contributed by atoms with van der Waals surface area (Å²) in [6.07, 6.45) is 0.764. The lowest BCUT2D eigenvalue weighted by atomic mass is 10.1. The Labute approximate surface area is 61.4 Å². The Bertz CT molecular complexity index is 83.7. The summed E-state index contributed by atoms with van der Waals surface area (Å²) in [7, 11) is 0. The molecule has 0 spiro atoms. The van der Waals surface area contributed by atoms with Gasteiger partial charge in [-0.3, -0.25) is 0 Å². The van der Waals surface area contributed by atoms with Crippen LogP contribution in [0.2, 0.25) is 0 Å². The average Bonchev–Trinajstić information content (AvgIpc) is 1.84. The number of hydrogen-bond acceptors (Lipinski definition) is 3. The molecule has 0 atom stereocenters. The largest absolute Gasteiger partial charge is 0.396 e. The van der Waals surface area contributed by atoms with E-state index in [9.17, 15) is 0 Å². The zero-order valence-corrected chi connectivity index (χ0v) is 6.18. The summed E-state index contributed by atoms with van der Waals surface area (Å²) >= 11 is 0. The minimum absolute atomic E-state index is 0.239. The van der Waals surface area contributed by atoms with E-state index in [2.05, 4.69) is 5.32 Å². The molecular weight excluding hydrogens is 130 g/mol. The Hall–Kier alpha value is -0.120. The molecule has 3 nitrogen and oxygen atoms in total. The summed E-state index contributed by atoms with van der Waals surface area (Å²) in [6.45, 7) is 3.99. The number of nitrogens with one attached hydrogen (secondary N) is 1. The lowest BCUT2D eigenvalue weighted by molar-refractivity contribution is 0.0701. The van der Waals surface area contributed by atoms with Crippen LogP contribution in [0.1, 0.15) is 6.42 Å². The van der Waals surface area contributed by atoms with Gasteiger partial charge in [0.05, 0.1) is 6.61 Å². The van der Waals surface area contributed by atoms with Crippen molar-refractivity contribution < 1.29 is 9.84 Å². The summed E-state index contributed by atoms with van der Waals surface area (Å²) in [4.78, 5) is 0. The van der Waals surface area contributed by atoms with E-state index < -0.39 is 0 Å². The summed E-state index contributed by atoms with van der Waals surface area (Å²) < 4.78 is 5.28. The monoisotopic (exact) mass is 145 g/mol. The zero-order valence-electron chi connectivity index (χ0n) is 6.18. The van der Waals surface area contributed by atoms with Crippen LogP contribution in [0.15, 0.2) is 0 Å². The van der Waals surface area contributed by atoms with Gasteiger partial charge in [0.25, 0.3) is 0 Å². The normalized spacial score (nSPS) is 18.9. The lowest BCUT2D eigenvalue weighted by Crippen LogP contribution is -2.44. The molecule has 0 aromatic rings. The first-order valence-electron chi connectivity index (χ1n) is 3.83. The van der Waals surface area contributed by atoms with Crippen molar-refractivity contribution in [3.63, 3.8) is 0 Å². The van der Waals surface area contributed by atoms with Gasteiger partial charge in [-0.15, -0.1) is 0 Å². The van der Waals surface area contributed by atoms with Crippen molar-refractivity contribution in [3.8, 4) is 0 Å². The fourth-order valence-electron chi connectivity index (χ4n) is 0.883. The highest BCUT2D eigenvalue weighted by molar-refractivity contribution is 4.73. The highest BCUT2D eigenvalue weighted by Crippen LogP contribution is 2.02. The molecule has 3 heteroatoms. The first kappa shape index (κ1) is 7.98. The number of rotatable bonds is 5. The van der Waals surface area contributed by atoms with E-state index in [-0.39, 0.29) is 6.61 Å². The maximum Gasteiger partial charge on any atom is 0.0518 e. The SMILES string of the molecule is OCCCOCC1CNC1. The van der Waals surface area contributed by atoms with Gasteiger partial charge in [0.1, 0.15) is 0 Å². The van der Waals surface area contributed by atoms with E-state index in [1.165, 1.54) is 0 Å². The van der Waals surface area contributed by atoms with E-state index in [0.29, 0.717) is 6.61 Å². The maximum atomic E-state index is 8.41. The Morgan fingerprint density at radius 1 is 1.50 bits per heavy atom. The standard InChI is InChI=1S/C7H15NO2/c9-2-1-3-10-6-7-4-8-5-7/h7-9H,1-6H2. The molecule has 0 saturated carbocycles. The summed E-state index contributed by atoms with van der Waals surface area (Å²) in [6, 6.07) is 0. The van der Waals surface area contributed by atoms with Crippen molar-refractivity contribution in [2.24, 2.45) is 5.92 Å². The third-order valence-corrected chi connectivity index (χ3v) is 1.67. The van der Waals surface area contributed by atoms with Crippen LogP contribution in [0, 0.1) is 5.92 Å². The van der Waals surface area contributed by atoms with Crippen LogP contribution in [0.5, 0.6) is 0 Å². The van der Waals surface area contributed by atoms with Crippen LogP contribution < -0.4 is 5.32 Å². The van der Waals surface area contributed by atoms with Gasteiger partial charge in [0.15, 0.2) is 0 Å². The molecule has 2 N–H and O–H groups in total. The highest BCUT2D eigenvalue weighted by Gasteiger charge is 2.15. The van der Waals surface area contributed by atoms with Crippen LogP contribution >= 0.6 is 0 Å². The minimum Gasteiger partial charge on any atom is -0.396 e. The quantitative estimate of drug-likeness (QED) is 0.517. The minimum atomic E-state index is 0.239. The summed E-state index contributed by atoms with van der Waals surface area (Å²) in [5, 5.41) is 11.6. The van der Waals surface area contributed by atoms with Gasteiger partial charge in [-0.05, 0) is 6.42 Å². The van der Waals surface area contributed by atoms with Crippen molar-refractivity contribution in [2.45, 2.75) is 6.42 Å². The molecule has 1 aliphatic heterocycles. The Morgan fingerprint density at radius 2 is 2.30 bits per heavy atom. The van der Waals surface area contributed by atoms with E-state index in [0.717, 1.165) is 32.0 Å². The molecule has 0 radical (unpaired) electrons. The predicted octanol–water partition coefficient (Wildman–Crippen LogP) is -0.395. The van der Waals surface area contributed by atoms with Crippen LogP contribution in [0.3, 0.4) is 0 Å². The Morgan fingerprint density at radius 3 is 2.80 bits per heavy atom. The van der Waals surface area contributed by atoms with E-state index in [1.54, 1.807) is 0 Å². The van der Waals surface area contributed by atoms with E-state index >= 15 is 0 Å². The highest BCUT2D eigenvalue weighted by atomic mass is 16.5. The average molecular weight is 145 g/mol. The van der Waals surface area contributed by atoms with Gasteiger partial charge < -0.3 is 15.2 Å². The van der Waals surface area contributed by atoms with Crippen molar-refractivity contribution >= 4 is 0 Å². The molecule has 0 unspecified atom stereocenters. The topological polar surface area (TPSA) is 41.5 Å². The Kier molecular flexibility index (Phi) is 3.72. The predicted molar refractivity (Wildman–Crippen MR) is 38.9 cm³/mol. The van der Waals surface area contributed by atoms with Crippen molar-refractivity contribution in [1.29, 1.82) is 0 Å². The molecule has 10 heavy (non-hydrogen) atoms. The molecule has 1 fully saturated rings. The molecule has 0 bridgehead atoms. The summed E-state index contributed by atoms with van der Waals surface area (Å²) in [5.74, 6) is 0.721. The molecule has 1 saturated heterocycles. The first-order valence-corrected chi connectivity index (χ1v) is 3.83. The van der Waals surface area contributed by atoms with Crippen molar-refractivity contribution in [2.75, 3.05) is 32.9 Å². The summed E-state index contributed by atoms with van der Waals surface area (Å²) in [5.41, 5.74) is 0. The van der Waals surface area contributed by atoms with Gasteiger partial charge >= 0.3 is 0 Å². The second kappa shape index (κ2) is 4.66. The third-order valence-electron chi connectivity index (χ3n) is 1.67. The maximum absolute atomic E-state index is 8.41. The van der Waals surface area contributed by atoms with Crippen molar-refractivity contribution in [1.82, 2.24) is 5.32 Å². The molecular formula is C7H15NO2. The number of aliphatic hydroxyl groups excluding tert-OH is 1. The Balaban J connectivity index is 1.76. The van der Waals surface area contributed by atoms with Crippen LogP contribution in [0.4, 0.5) is 0 Å². The molecule has 0 aromatic carbocycles. The first-order chi connectivity index (χ1) is 4.93.